The predicted molar refractivity (Wildman–Crippen MR) is 116 cm³/mol. The first-order chi connectivity index (χ1) is 15.0. The lowest BCUT2D eigenvalue weighted by molar-refractivity contribution is -0.287. The number of hydrogen-bond acceptors (Lipinski definition) is 7. The van der Waals surface area contributed by atoms with Crippen LogP contribution < -0.4 is 0 Å². The molecule has 1 saturated carbocycles. The fraction of sp³-hybridized carbons (Fsp3) is 0.667. The first kappa shape index (κ1) is 21.8. The number of aryl methyl sites for hydroxylation is 1. The van der Waals surface area contributed by atoms with E-state index in [9.17, 15) is 15.8 Å². The maximum absolute atomic E-state index is 10.5. The van der Waals surface area contributed by atoms with Crippen LogP contribution in [0.4, 0.5) is 0 Å². The van der Waals surface area contributed by atoms with Crippen molar-refractivity contribution in [1.82, 2.24) is 0 Å². The van der Waals surface area contributed by atoms with Gasteiger partial charge < -0.3 is 9.47 Å². The molecule has 4 rings (SSSR count). The van der Waals surface area contributed by atoms with Gasteiger partial charge in [-0.05, 0) is 31.9 Å². The van der Waals surface area contributed by atoms with Crippen molar-refractivity contribution in [3.63, 3.8) is 0 Å². The fourth-order valence-corrected chi connectivity index (χ4v) is 6.75. The quantitative estimate of drug-likeness (QED) is 0.588. The normalized spacial score (nSPS) is 35.2. The molecule has 162 valence electrons. The molecule has 1 aliphatic carbocycles. The van der Waals surface area contributed by atoms with E-state index in [-0.39, 0.29) is 5.90 Å². The molecule has 3 aliphatic rings. The maximum atomic E-state index is 10.5. The molecular weight excluding hydrogens is 408 g/mol. The van der Waals surface area contributed by atoms with Crippen LogP contribution in [0.3, 0.4) is 0 Å². The molecule has 7 heteroatoms. The molecule has 4 atom stereocenters. The first-order valence-corrected chi connectivity index (χ1v) is 12.1. The summed E-state index contributed by atoms with van der Waals surface area (Å²) in [4.78, 5) is 1.78. The highest BCUT2D eigenvalue weighted by atomic mass is 32.1. The van der Waals surface area contributed by atoms with Crippen LogP contribution in [-0.4, -0.2) is 11.7 Å². The van der Waals surface area contributed by atoms with Crippen molar-refractivity contribution in [3.8, 4) is 18.2 Å². The number of nitrogens with one attached hydrogen (secondary N) is 1. The molecule has 2 aliphatic heterocycles. The Morgan fingerprint density at radius 1 is 0.968 bits per heavy atom. The summed E-state index contributed by atoms with van der Waals surface area (Å²) in [6, 6.07) is 10.4. The van der Waals surface area contributed by atoms with E-state index in [1.165, 1.54) is 24.2 Å². The molecular formula is C24H28N4O2S. The standard InChI is InChI=1S/C24H28N4O2S/c1-17-11-12-18(31-17)20-22(14-25,15-26)23(16-27)19-10-8-6-4-2-3-5-7-9-13-24(19,29-20)30-21(23)28/h11-12,19-20,28H,2-10,13H2,1H3. The number of thiophene rings is 1. The van der Waals surface area contributed by atoms with Crippen molar-refractivity contribution in [2.75, 3.05) is 0 Å². The monoisotopic (exact) mass is 436 g/mol. The molecule has 2 bridgehead atoms. The average Bonchev–Trinajstić information content (AvgIpc) is 3.26. The van der Waals surface area contributed by atoms with E-state index in [2.05, 4.69) is 18.2 Å². The van der Waals surface area contributed by atoms with Gasteiger partial charge in [-0.15, -0.1) is 11.3 Å². The summed E-state index contributed by atoms with van der Waals surface area (Å²) in [5.74, 6) is -1.91. The highest BCUT2D eigenvalue weighted by Gasteiger charge is 2.80. The van der Waals surface area contributed by atoms with Crippen molar-refractivity contribution >= 4 is 17.2 Å². The van der Waals surface area contributed by atoms with Crippen LogP contribution in [0.25, 0.3) is 0 Å². The molecule has 0 aromatic carbocycles. The topological polar surface area (TPSA) is 114 Å². The second-order valence-corrected chi connectivity index (χ2v) is 10.4. The van der Waals surface area contributed by atoms with Gasteiger partial charge in [0.2, 0.25) is 17.1 Å². The van der Waals surface area contributed by atoms with E-state index >= 15 is 0 Å². The lowest BCUT2D eigenvalue weighted by Crippen LogP contribution is -2.59. The highest BCUT2D eigenvalue weighted by Crippen LogP contribution is 2.68. The van der Waals surface area contributed by atoms with Crippen molar-refractivity contribution in [2.24, 2.45) is 16.7 Å². The summed E-state index contributed by atoms with van der Waals surface area (Å²) >= 11 is 1.47. The van der Waals surface area contributed by atoms with Crippen LogP contribution in [-0.2, 0) is 9.47 Å². The molecule has 31 heavy (non-hydrogen) atoms. The van der Waals surface area contributed by atoms with Crippen molar-refractivity contribution in [3.05, 3.63) is 21.9 Å². The maximum Gasteiger partial charge on any atom is 0.217 e. The summed E-state index contributed by atoms with van der Waals surface area (Å²) in [6.07, 6.45) is 8.77. The van der Waals surface area contributed by atoms with Crippen LogP contribution in [0.1, 0.15) is 80.1 Å². The second kappa shape index (κ2) is 8.27. The average molecular weight is 437 g/mol. The number of nitrogens with zero attached hydrogens (tertiary/aromatic N) is 3. The highest BCUT2D eigenvalue weighted by molar-refractivity contribution is 7.12. The van der Waals surface area contributed by atoms with Crippen molar-refractivity contribution in [1.29, 1.82) is 21.2 Å². The SMILES string of the molecule is Cc1ccc(C2OC34CCCCCCCCCCC3C(C#N)(C(=N)O4)C2(C#N)C#N)s1. The molecule has 2 saturated heterocycles. The fourth-order valence-electron chi connectivity index (χ4n) is 5.77. The Balaban J connectivity index is 1.88. The first-order valence-electron chi connectivity index (χ1n) is 11.3. The third-order valence-electron chi connectivity index (χ3n) is 7.34. The van der Waals surface area contributed by atoms with Crippen LogP contribution >= 0.6 is 11.3 Å². The summed E-state index contributed by atoms with van der Waals surface area (Å²) < 4.78 is 12.8. The smallest absolute Gasteiger partial charge is 0.217 e. The molecule has 3 heterocycles. The Labute approximate surface area is 187 Å². The van der Waals surface area contributed by atoms with Crippen LogP contribution in [0.2, 0.25) is 0 Å². The molecule has 1 aromatic heterocycles. The van der Waals surface area contributed by atoms with E-state index in [0.29, 0.717) is 12.8 Å². The van der Waals surface area contributed by atoms with Crippen molar-refractivity contribution in [2.45, 2.75) is 83.0 Å². The molecule has 0 spiro atoms. The van der Waals surface area contributed by atoms with E-state index in [1.807, 2.05) is 19.1 Å². The van der Waals surface area contributed by atoms with Gasteiger partial charge in [-0.1, -0.05) is 44.9 Å². The van der Waals surface area contributed by atoms with Gasteiger partial charge in [-0.3, -0.25) is 5.41 Å². The van der Waals surface area contributed by atoms with Gasteiger partial charge in [-0.2, -0.15) is 15.8 Å². The van der Waals surface area contributed by atoms with Gasteiger partial charge in [0.1, 0.15) is 6.10 Å². The zero-order chi connectivity index (χ0) is 22.1. The predicted octanol–water partition coefficient (Wildman–Crippen LogP) is 5.91. The Hall–Kier alpha value is -2.40. The van der Waals surface area contributed by atoms with Crippen LogP contribution in [0.5, 0.6) is 0 Å². The third-order valence-corrected chi connectivity index (χ3v) is 8.38. The number of hydrogen-bond donors (Lipinski definition) is 1. The lowest BCUT2D eigenvalue weighted by atomic mass is 9.53. The molecule has 1 aromatic rings. The lowest BCUT2D eigenvalue weighted by Gasteiger charge is -2.49. The molecule has 6 nitrogen and oxygen atoms in total. The van der Waals surface area contributed by atoms with E-state index in [4.69, 9.17) is 14.9 Å². The molecule has 4 unspecified atom stereocenters. The van der Waals surface area contributed by atoms with Gasteiger partial charge in [0.25, 0.3) is 0 Å². The number of nitriles is 3. The minimum absolute atomic E-state index is 0.270. The van der Waals surface area contributed by atoms with Gasteiger partial charge in [0.05, 0.1) is 24.1 Å². The summed E-state index contributed by atoms with van der Waals surface area (Å²) in [5.41, 5.74) is -3.47. The van der Waals surface area contributed by atoms with E-state index < -0.39 is 28.6 Å². The number of ether oxygens (including phenoxy) is 2. The van der Waals surface area contributed by atoms with Gasteiger partial charge >= 0.3 is 0 Å². The van der Waals surface area contributed by atoms with Gasteiger partial charge in [0.15, 0.2) is 5.41 Å². The molecule has 3 fully saturated rings. The Bertz CT molecular complexity index is 969. The second-order valence-electron chi connectivity index (χ2n) is 9.06. The van der Waals surface area contributed by atoms with E-state index in [0.717, 1.165) is 48.3 Å². The summed E-state index contributed by atoms with van der Waals surface area (Å²) in [5, 5.41) is 40.0. The van der Waals surface area contributed by atoms with E-state index in [1.54, 1.807) is 0 Å². The minimum Gasteiger partial charge on any atom is -0.447 e. The molecule has 0 radical (unpaired) electrons. The van der Waals surface area contributed by atoms with Crippen LogP contribution in [0, 0.1) is 63.1 Å². The van der Waals surface area contributed by atoms with Crippen molar-refractivity contribution < 1.29 is 9.47 Å². The zero-order valence-electron chi connectivity index (χ0n) is 17.9. The summed E-state index contributed by atoms with van der Waals surface area (Å²) in [7, 11) is 0. The minimum atomic E-state index is -1.84. The van der Waals surface area contributed by atoms with Crippen LogP contribution in [0.15, 0.2) is 12.1 Å². The van der Waals surface area contributed by atoms with Gasteiger partial charge in [0, 0.05) is 16.2 Å². The van der Waals surface area contributed by atoms with Gasteiger partial charge in [-0.25, -0.2) is 0 Å². The Morgan fingerprint density at radius 3 is 2.19 bits per heavy atom. The Morgan fingerprint density at radius 2 is 1.61 bits per heavy atom. The molecule has 1 N–H and O–H groups in total. The third kappa shape index (κ3) is 3.08. The number of rotatable bonds is 1. The summed E-state index contributed by atoms with van der Waals surface area (Å²) in [6.45, 7) is 1.96. The zero-order valence-corrected chi connectivity index (χ0v) is 18.8. The largest absolute Gasteiger partial charge is 0.447 e. The molecule has 0 amide bonds. The Kier molecular flexibility index (Phi) is 5.82.